The van der Waals surface area contributed by atoms with Crippen LogP contribution in [0.2, 0.25) is 0 Å². The molecule has 2 unspecified atom stereocenters. The van der Waals surface area contributed by atoms with Crippen molar-refractivity contribution in [1.29, 1.82) is 5.26 Å². The van der Waals surface area contributed by atoms with Crippen LogP contribution in [0.4, 0.5) is 5.82 Å². The summed E-state index contributed by atoms with van der Waals surface area (Å²) in [6.45, 7) is 0. The zero-order chi connectivity index (χ0) is 11.4. The molecule has 1 aromatic rings. The Labute approximate surface area is 95.3 Å². The van der Waals surface area contributed by atoms with E-state index < -0.39 is 0 Å². The van der Waals surface area contributed by atoms with Gasteiger partial charge in [0.15, 0.2) is 0 Å². The first-order valence-corrected chi connectivity index (χ1v) is 5.49. The molecule has 1 aliphatic rings. The third-order valence-corrected chi connectivity index (χ3v) is 2.98. The Morgan fingerprint density at radius 3 is 3.19 bits per heavy atom. The van der Waals surface area contributed by atoms with Gasteiger partial charge in [0, 0.05) is 13.3 Å². The highest BCUT2D eigenvalue weighted by atomic mass is 16.5. The first kappa shape index (κ1) is 10.9. The Kier molecular flexibility index (Phi) is 3.37. The molecule has 4 heteroatoms. The van der Waals surface area contributed by atoms with Crippen LogP contribution in [0.1, 0.15) is 24.8 Å². The number of methoxy groups -OCH3 is 1. The number of aromatic nitrogens is 1. The molecular formula is C12H15N3O. The van der Waals surface area contributed by atoms with Gasteiger partial charge in [0.05, 0.1) is 23.8 Å². The molecule has 0 spiro atoms. The molecule has 1 N–H and O–H groups in total. The number of anilines is 1. The van der Waals surface area contributed by atoms with Crippen LogP contribution in [0.5, 0.6) is 0 Å². The maximum atomic E-state index is 8.79. The van der Waals surface area contributed by atoms with Gasteiger partial charge in [-0.1, -0.05) is 0 Å². The van der Waals surface area contributed by atoms with E-state index in [1.54, 1.807) is 25.4 Å². The monoisotopic (exact) mass is 217 g/mol. The molecule has 4 nitrogen and oxygen atoms in total. The Hall–Kier alpha value is -1.60. The zero-order valence-electron chi connectivity index (χ0n) is 9.31. The summed E-state index contributed by atoms with van der Waals surface area (Å²) in [6.07, 6.45) is 5.27. The number of rotatable bonds is 3. The Bertz CT molecular complexity index is 399. The van der Waals surface area contributed by atoms with E-state index in [1.165, 1.54) is 6.42 Å². The van der Waals surface area contributed by atoms with Gasteiger partial charge in [-0.25, -0.2) is 4.98 Å². The van der Waals surface area contributed by atoms with Crippen molar-refractivity contribution >= 4 is 5.82 Å². The minimum Gasteiger partial charge on any atom is -0.379 e. The third-order valence-electron chi connectivity index (χ3n) is 2.98. The van der Waals surface area contributed by atoms with Crippen LogP contribution in [0.3, 0.4) is 0 Å². The molecule has 0 bridgehead atoms. The van der Waals surface area contributed by atoms with Crippen molar-refractivity contribution in [3.63, 3.8) is 0 Å². The van der Waals surface area contributed by atoms with E-state index in [0.717, 1.165) is 18.7 Å². The highest BCUT2D eigenvalue weighted by Gasteiger charge is 2.27. The van der Waals surface area contributed by atoms with Crippen LogP contribution in [0.25, 0.3) is 0 Å². The summed E-state index contributed by atoms with van der Waals surface area (Å²) in [5.41, 5.74) is 0.629. The lowest BCUT2D eigenvalue weighted by atomic mass is 10.2. The van der Waals surface area contributed by atoms with Crippen molar-refractivity contribution in [2.45, 2.75) is 31.4 Å². The van der Waals surface area contributed by atoms with Gasteiger partial charge >= 0.3 is 0 Å². The maximum absolute atomic E-state index is 8.79. The standard InChI is InChI=1S/C12H15N3O/c1-16-11-4-2-3-10(11)15-12-7-9(8-13)5-6-14-12/h5-7,10-11H,2-4H2,1H3,(H,14,15). The lowest BCUT2D eigenvalue weighted by molar-refractivity contribution is 0.101. The second kappa shape index (κ2) is 4.95. The van der Waals surface area contributed by atoms with Gasteiger partial charge in [-0.15, -0.1) is 0 Å². The van der Waals surface area contributed by atoms with Crippen LogP contribution < -0.4 is 5.32 Å². The molecule has 0 aliphatic heterocycles. The Morgan fingerprint density at radius 2 is 2.44 bits per heavy atom. The van der Waals surface area contributed by atoms with Gasteiger partial charge in [-0.2, -0.15) is 5.26 Å². The van der Waals surface area contributed by atoms with Crippen LogP contribution in [-0.2, 0) is 4.74 Å². The number of nitriles is 1. The molecule has 16 heavy (non-hydrogen) atoms. The highest BCUT2D eigenvalue weighted by Crippen LogP contribution is 2.24. The molecule has 0 aromatic carbocycles. The van der Waals surface area contributed by atoms with E-state index >= 15 is 0 Å². The van der Waals surface area contributed by atoms with Gasteiger partial charge in [-0.3, -0.25) is 0 Å². The Morgan fingerprint density at radius 1 is 1.56 bits per heavy atom. The minimum atomic E-state index is 0.257. The quantitative estimate of drug-likeness (QED) is 0.840. The maximum Gasteiger partial charge on any atom is 0.127 e. The van der Waals surface area contributed by atoms with Crippen molar-refractivity contribution in [1.82, 2.24) is 4.98 Å². The average Bonchev–Trinajstić information content (AvgIpc) is 2.76. The molecule has 1 heterocycles. The number of hydrogen-bond donors (Lipinski definition) is 1. The normalized spacial score (nSPS) is 24.0. The molecule has 0 radical (unpaired) electrons. The summed E-state index contributed by atoms with van der Waals surface area (Å²) in [7, 11) is 1.74. The van der Waals surface area contributed by atoms with E-state index in [9.17, 15) is 0 Å². The van der Waals surface area contributed by atoms with Gasteiger partial charge in [-0.05, 0) is 31.4 Å². The van der Waals surface area contributed by atoms with Gasteiger partial charge in [0.25, 0.3) is 0 Å². The fourth-order valence-electron chi connectivity index (χ4n) is 2.14. The third kappa shape index (κ3) is 2.31. The number of pyridine rings is 1. The van der Waals surface area contributed by atoms with Crippen molar-refractivity contribution in [2.75, 3.05) is 12.4 Å². The van der Waals surface area contributed by atoms with E-state index in [2.05, 4.69) is 16.4 Å². The summed E-state index contributed by atoms with van der Waals surface area (Å²) < 4.78 is 5.40. The molecule has 0 amide bonds. The van der Waals surface area contributed by atoms with E-state index in [4.69, 9.17) is 10.00 Å². The molecule has 1 aliphatic carbocycles. The summed E-state index contributed by atoms with van der Waals surface area (Å²) in [6, 6.07) is 5.89. The van der Waals surface area contributed by atoms with Crippen molar-refractivity contribution < 1.29 is 4.74 Å². The van der Waals surface area contributed by atoms with Crippen molar-refractivity contribution in [2.24, 2.45) is 0 Å². The minimum absolute atomic E-state index is 0.257. The Balaban J connectivity index is 2.06. The van der Waals surface area contributed by atoms with Crippen LogP contribution in [0, 0.1) is 11.3 Å². The summed E-state index contributed by atoms with van der Waals surface area (Å²) in [5.74, 6) is 0.757. The lowest BCUT2D eigenvalue weighted by Gasteiger charge is -2.20. The molecule has 84 valence electrons. The van der Waals surface area contributed by atoms with E-state index in [1.807, 2.05) is 0 Å². The largest absolute Gasteiger partial charge is 0.379 e. The smallest absolute Gasteiger partial charge is 0.127 e. The molecular weight excluding hydrogens is 202 g/mol. The second-order valence-corrected chi connectivity index (χ2v) is 4.00. The van der Waals surface area contributed by atoms with Crippen LogP contribution >= 0.6 is 0 Å². The van der Waals surface area contributed by atoms with Gasteiger partial charge in [0.1, 0.15) is 5.82 Å². The molecule has 0 saturated heterocycles. The van der Waals surface area contributed by atoms with Crippen molar-refractivity contribution in [3.05, 3.63) is 23.9 Å². The summed E-state index contributed by atoms with van der Waals surface area (Å²) >= 11 is 0. The van der Waals surface area contributed by atoms with E-state index in [0.29, 0.717) is 11.6 Å². The lowest BCUT2D eigenvalue weighted by Crippen LogP contribution is -2.30. The van der Waals surface area contributed by atoms with Crippen molar-refractivity contribution in [3.8, 4) is 6.07 Å². The molecule has 2 atom stereocenters. The van der Waals surface area contributed by atoms with Gasteiger partial charge in [0.2, 0.25) is 0 Å². The van der Waals surface area contributed by atoms with Gasteiger partial charge < -0.3 is 10.1 Å². The SMILES string of the molecule is COC1CCCC1Nc1cc(C#N)ccn1. The average molecular weight is 217 g/mol. The first-order valence-electron chi connectivity index (χ1n) is 5.49. The zero-order valence-corrected chi connectivity index (χ0v) is 9.31. The topological polar surface area (TPSA) is 57.9 Å². The molecule has 1 aromatic heterocycles. The summed E-state index contributed by atoms with van der Waals surface area (Å²) in [5, 5.41) is 12.1. The number of hydrogen-bond acceptors (Lipinski definition) is 4. The van der Waals surface area contributed by atoms with E-state index in [-0.39, 0.29) is 6.10 Å². The molecule has 1 saturated carbocycles. The fraction of sp³-hybridized carbons (Fsp3) is 0.500. The second-order valence-electron chi connectivity index (χ2n) is 4.00. The number of ether oxygens (including phenoxy) is 1. The van der Waals surface area contributed by atoms with Crippen LogP contribution in [-0.4, -0.2) is 24.2 Å². The first-order chi connectivity index (χ1) is 7.83. The number of nitrogens with one attached hydrogen (secondary N) is 1. The summed E-state index contributed by atoms with van der Waals surface area (Å²) in [4.78, 5) is 4.20. The predicted molar refractivity (Wildman–Crippen MR) is 61.0 cm³/mol. The molecule has 2 rings (SSSR count). The highest BCUT2D eigenvalue weighted by molar-refractivity contribution is 5.43. The number of nitrogens with zero attached hydrogens (tertiary/aromatic N) is 2. The predicted octanol–water partition coefficient (Wildman–Crippen LogP) is 1.93. The fourth-order valence-corrected chi connectivity index (χ4v) is 2.14. The molecule has 1 fully saturated rings. The van der Waals surface area contributed by atoms with Crippen LogP contribution in [0.15, 0.2) is 18.3 Å².